The maximum absolute atomic E-state index is 4.94. The molecule has 0 amide bonds. The fourth-order valence-corrected chi connectivity index (χ4v) is 2.53. The Balaban J connectivity index is 2.29. The van der Waals surface area contributed by atoms with Crippen molar-refractivity contribution in [2.75, 3.05) is 0 Å². The van der Waals surface area contributed by atoms with Crippen LogP contribution in [0, 0.1) is 6.92 Å². The summed E-state index contributed by atoms with van der Waals surface area (Å²) >= 11 is 0. The van der Waals surface area contributed by atoms with Gasteiger partial charge in [-0.2, -0.15) is 0 Å². The van der Waals surface area contributed by atoms with Gasteiger partial charge < -0.3 is 0 Å². The number of rotatable bonds is 1. The quantitative estimate of drug-likeness (QED) is 0.749. The molecule has 1 heterocycles. The van der Waals surface area contributed by atoms with Crippen molar-refractivity contribution in [2.24, 2.45) is 0 Å². The predicted octanol–water partition coefficient (Wildman–Crippen LogP) is 4.11. The summed E-state index contributed by atoms with van der Waals surface area (Å²) in [4.78, 5) is 9.69. The number of nitrogens with zero attached hydrogens (tertiary/aromatic N) is 2. The number of fused-ring (bicyclic) bond motifs is 1. The Morgan fingerprint density at radius 1 is 1.11 bits per heavy atom. The zero-order valence-electron chi connectivity index (χ0n) is 11.6. The molecule has 1 fully saturated rings. The zero-order valence-corrected chi connectivity index (χ0v) is 11.6. The minimum Gasteiger partial charge on any atom is -0.250 e. The van der Waals surface area contributed by atoms with Crippen LogP contribution in [0.1, 0.15) is 56.5 Å². The summed E-state index contributed by atoms with van der Waals surface area (Å²) < 4.78 is 0. The van der Waals surface area contributed by atoms with Gasteiger partial charge >= 0.3 is 0 Å². The molecule has 0 bridgehead atoms. The van der Waals surface area contributed by atoms with E-state index in [4.69, 9.17) is 9.97 Å². The maximum Gasteiger partial charge on any atom is 0.0927 e. The van der Waals surface area contributed by atoms with Gasteiger partial charge in [0.25, 0.3) is 0 Å². The zero-order chi connectivity index (χ0) is 12.9. The molecule has 1 saturated carbocycles. The molecule has 0 unspecified atom stereocenters. The van der Waals surface area contributed by atoms with Crippen molar-refractivity contribution >= 4 is 11.0 Å². The number of aromatic nitrogens is 2. The molecule has 1 aromatic carbocycles. The second-order valence-electron chi connectivity index (χ2n) is 6.39. The highest BCUT2D eigenvalue weighted by Crippen LogP contribution is 2.41. The van der Waals surface area contributed by atoms with Gasteiger partial charge in [-0.15, -0.1) is 0 Å². The highest BCUT2D eigenvalue weighted by molar-refractivity contribution is 5.79. The molecule has 1 aliphatic carbocycles. The smallest absolute Gasteiger partial charge is 0.0927 e. The van der Waals surface area contributed by atoms with E-state index in [-0.39, 0.29) is 5.41 Å². The van der Waals surface area contributed by atoms with E-state index in [1.54, 1.807) is 0 Å². The molecule has 0 spiro atoms. The van der Waals surface area contributed by atoms with Crippen LogP contribution in [0.15, 0.2) is 18.2 Å². The molecule has 2 aromatic rings. The normalized spacial score (nSPS) is 16.2. The Labute approximate surface area is 108 Å². The lowest BCUT2D eigenvalue weighted by Gasteiger charge is -2.21. The monoisotopic (exact) mass is 240 g/mol. The predicted molar refractivity (Wildman–Crippen MR) is 75.0 cm³/mol. The van der Waals surface area contributed by atoms with Gasteiger partial charge in [0.05, 0.1) is 22.4 Å². The van der Waals surface area contributed by atoms with E-state index >= 15 is 0 Å². The summed E-state index contributed by atoms with van der Waals surface area (Å²) in [5.74, 6) is 0.662. The number of hydrogen-bond acceptors (Lipinski definition) is 2. The van der Waals surface area contributed by atoms with Crippen molar-refractivity contribution in [3.63, 3.8) is 0 Å². The van der Waals surface area contributed by atoms with E-state index < -0.39 is 0 Å². The molecule has 0 saturated heterocycles. The standard InChI is InChI=1S/C16H20N2/c1-10-14(11-8-9-11)18-15-12(16(2,3)4)6-5-7-13(15)17-10/h5-7,11H,8-9H2,1-4H3. The van der Waals surface area contributed by atoms with Crippen LogP contribution in [-0.4, -0.2) is 9.97 Å². The number of para-hydroxylation sites is 1. The van der Waals surface area contributed by atoms with Gasteiger partial charge in [0, 0.05) is 5.92 Å². The fraction of sp³-hybridized carbons (Fsp3) is 0.500. The van der Waals surface area contributed by atoms with Gasteiger partial charge in [0.1, 0.15) is 0 Å². The third kappa shape index (κ3) is 1.90. The molecule has 2 heteroatoms. The fourth-order valence-electron chi connectivity index (χ4n) is 2.53. The van der Waals surface area contributed by atoms with Gasteiger partial charge in [-0.25, -0.2) is 9.97 Å². The van der Waals surface area contributed by atoms with Gasteiger partial charge in [-0.3, -0.25) is 0 Å². The Morgan fingerprint density at radius 2 is 1.83 bits per heavy atom. The van der Waals surface area contributed by atoms with Crippen LogP contribution in [-0.2, 0) is 5.41 Å². The molecule has 1 aliphatic rings. The molecule has 94 valence electrons. The maximum atomic E-state index is 4.94. The Hall–Kier alpha value is -1.44. The molecular formula is C16H20N2. The summed E-state index contributed by atoms with van der Waals surface area (Å²) in [5, 5.41) is 0. The third-order valence-electron chi connectivity index (χ3n) is 3.68. The van der Waals surface area contributed by atoms with E-state index in [9.17, 15) is 0 Å². The Morgan fingerprint density at radius 3 is 2.44 bits per heavy atom. The molecule has 0 atom stereocenters. The summed E-state index contributed by atoms with van der Waals surface area (Å²) in [7, 11) is 0. The van der Waals surface area contributed by atoms with Crippen LogP contribution < -0.4 is 0 Å². The Kier molecular flexibility index (Phi) is 2.44. The number of aryl methyl sites for hydroxylation is 1. The van der Waals surface area contributed by atoms with Crippen LogP contribution in [0.25, 0.3) is 11.0 Å². The second-order valence-corrected chi connectivity index (χ2v) is 6.39. The highest BCUT2D eigenvalue weighted by Gasteiger charge is 2.28. The molecular weight excluding hydrogens is 220 g/mol. The number of benzene rings is 1. The van der Waals surface area contributed by atoms with Crippen molar-refractivity contribution in [2.45, 2.75) is 51.9 Å². The summed E-state index contributed by atoms with van der Waals surface area (Å²) in [6, 6.07) is 6.35. The van der Waals surface area contributed by atoms with E-state index in [1.165, 1.54) is 24.1 Å². The van der Waals surface area contributed by atoms with Crippen molar-refractivity contribution in [1.29, 1.82) is 0 Å². The van der Waals surface area contributed by atoms with E-state index in [1.807, 2.05) is 0 Å². The average Bonchev–Trinajstić information content (AvgIpc) is 3.09. The van der Waals surface area contributed by atoms with Crippen molar-refractivity contribution in [3.8, 4) is 0 Å². The first-order chi connectivity index (χ1) is 8.47. The first kappa shape index (κ1) is 11.6. The average molecular weight is 240 g/mol. The molecule has 0 aliphatic heterocycles. The summed E-state index contributed by atoms with van der Waals surface area (Å²) in [5.41, 5.74) is 5.87. The molecule has 3 rings (SSSR count). The van der Waals surface area contributed by atoms with Crippen molar-refractivity contribution < 1.29 is 0 Å². The molecule has 0 N–H and O–H groups in total. The van der Waals surface area contributed by atoms with Crippen LogP contribution in [0.5, 0.6) is 0 Å². The van der Waals surface area contributed by atoms with Gasteiger partial charge in [0.2, 0.25) is 0 Å². The molecule has 0 radical (unpaired) electrons. The van der Waals surface area contributed by atoms with Crippen LogP contribution in [0.4, 0.5) is 0 Å². The van der Waals surface area contributed by atoms with Crippen LogP contribution in [0.2, 0.25) is 0 Å². The van der Waals surface area contributed by atoms with Crippen LogP contribution in [0.3, 0.4) is 0 Å². The lowest BCUT2D eigenvalue weighted by Crippen LogP contribution is -2.13. The van der Waals surface area contributed by atoms with E-state index in [0.29, 0.717) is 5.92 Å². The topological polar surface area (TPSA) is 25.8 Å². The van der Waals surface area contributed by atoms with Crippen molar-refractivity contribution in [1.82, 2.24) is 9.97 Å². The first-order valence-corrected chi connectivity index (χ1v) is 6.74. The second kappa shape index (κ2) is 3.78. The lowest BCUT2D eigenvalue weighted by molar-refractivity contribution is 0.594. The molecule has 18 heavy (non-hydrogen) atoms. The molecule has 2 nitrogen and oxygen atoms in total. The minimum atomic E-state index is 0.115. The SMILES string of the molecule is Cc1nc2cccc(C(C)(C)C)c2nc1C1CC1. The number of hydrogen-bond donors (Lipinski definition) is 0. The lowest BCUT2D eigenvalue weighted by atomic mass is 9.86. The van der Waals surface area contributed by atoms with Gasteiger partial charge in [-0.05, 0) is 36.8 Å². The largest absolute Gasteiger partial charge is 0.250 e. The molecule has 1 aromatic heterocycles. The Bertz CT molecular complexity index is 604. The summed E-state index contributed by atoms with van der Waals surface area (Å²) in [6.07, 6.45) is 2.55. The highest BCUT2D eigenvalue weighted by atomic mass is 14.8. The summed E-state index contributed by atoms with van der Waals surface area (Å²) in [6.45, 7) is 8.80. The third-order valence-corrected chi connectivity index (χ3v) is 3.68. The van der Waals surface area contributed by atoms with E-state index in [2.05, 4.69) is 45.9 Å². The minimum absolute atomic E-state index is 0.115. The van der Waals surface area contributed by atoms with E-state index in [0.717, 1.165) is 16.7 Å². The van der Waals surface area contributed by atoms with Gasteiger partial charge in [-0.1, -0.05) is 32.9 Å². The first-order valence-electron chi connectivity index (χ1n) is 6.74. The van der Waals surface area contributed by atoms with Crippen molar-refractivity contribution in [3.05, 3.63) is 35.2 Å². The van der Waals surface area contributed by atoms with Crippen LogP contribution >= 0.6 is 0 Å². The van der Waals surface area contributed by atoms with Gasteiger partial charge in [0.15, 0.2) is 0 Å².